The maximum Gasteiger partial charge on any atom is 0.261 e. The number of benzene rings is 3. The smallest absolute Gasteiger partial charge is 0.261 e. The number of carbonyl (C=O) groups is 1. The first-order chi connectivity index (χ1) is 15.6. The number of thiazole rings is 1. The molecule has 0 aliphatic heterocycles. The van der Waals surface area contributed by atoms with Crippen molar-refractivity contribution in [3.63, 3.8) is 0 Å². The molecule has 0 fully saturated rings. The van der Waals surface area contributed by atoms with Gasteiger partial charge in [0.15, 0.2) is 0 Å². The highest BCUT2D eigenvalue weighted by Gasteiger charge is 2.09. The molecule has 32 heavy (non-hydrogen) atoms. The van der Waals surface area contributed by atoms with Crippen LogP contribution < -0.4 is 10.9 Å². The molecule has 0 spiro atoms. The van der Waals surface area contributed by atoms with E-state index in [0.717, 1.165) is 26.4 Å². The predicted molar refractivity (Wildman–Crippen MR) is 129 cm³/mol. The van der Waals surface area contributed by atoms with Crippen molar-refractivity contribution >= 4 is 44.1 Å². The van der Waals surface area contributed by atoms with Crippen LogP contribution in [-0.4, -0.2) is 20.4 Å². The van der Waals surface area contributed by atoms with Crippen LogP contribution in [0.25, 0.3) is 31.7 Å². The average Bonchev–Trinajstić information content (AvgIpc) is 3.24. The molecule has 0 saturated heterocycles. The number of anilines is 1. The summed E-state index contributed by atoms with van der Waals surface area (Å²) in [6, 6.07) is 21.2. The number of fused-ring (bicyclic) bond motifs is 2. The van der Waals surface area contributed by atoms with Gasteiger partial charge >= 0.3 is 0 Å². The SMILES string of the molecule is Cc1cccc2c(=O)n(CCC(=O)Nc3ccc(-c4nc5ccccc5s4)cc3)cnc12. The van der Waals surface area contributed by atoms with Gasteiger partial charge in [-0.15, -0.1) is 11.3 Å². The zero-order valence-corrected chi connectivity index (χ0v) is 18.2. The van der Waals surface area contributed by atoms with Gasteiger partial charge in [-0.05, 0) is 55.0 Å². The van der Waals surface area contributed by atoms with E-state index in [4.69, 9.17) is 0 Å². The second kappa shape index (κ2) is 8.36. The average molecular weight is 441 g/mol. The van der Waals surface area contributed by atoms with Crippen molar-refractivity contribution in [2.24, 2.45) is 0 Å². The van der Waals surface area contributed by atoms with E-state index in [1.807, 2.05) is 61.5 Å². The highest BCUT2D eigenvalue weighted by atomic mass is 32.1. The van der Waals surface area contributed by atoms with Crippen LogP contribution in [-0.2, 0) is 11.3 Å². The zero-order valence-electron chi connectivity index (χ0n) is 17.4. The second-order valence-corrected chi connectivity index (χ2v) is 8.61. The van der Waals surface area contributed by atoms with Crippen molar-refractivity contribution in [3.05, 3.63) is 89.0 Å². The summed E-state index contributed by atoms with van der Waals surface area (Å²) >= 11 is 1.64. The first kappa shape index (κ1) is 20.1. The molecule has 1 amide bonds. The molecular weight excluding hydrogens is 420 g/mol. The van der Waals surface area contributed by atoms with Crippen LogP contribution in [0.15, 0.2) is 77.9 Å². The number of aromatic nitrogens is 3. The van der Waals surface area contributed by atoms with E-state index < -0.39 is 0 Å². The van der Waals surface area contributed by atoms with E-state index in [0.29, 0.717) is 16.6 Å². The molecule has 0 aliphatic rings. The Labute approximate surface area is 188 Å². The Kier molecular flexibility index (Phi) is 5.25. The molecule has 6 nitrogen and oxygen atoms in total. The highest BCUT2D eigenvalue weighted by molar-refractivity contribution is 7.21. The van der Waals surface area contributed by atoms with Gasteiger partial charge in [0, 0.05) is 24.2 Å². The number of carbonyl (C=O) groups excluding carboxylic acids is 1. The van der Waals surface area contributed by atoms with Crippen LogP contribution >= 0.6 is 11.3 Å². The fourth-order valence-corrected chi connectivity index (χ4v) is 4.61. The van der Waals surface area contributed by atoms with Crippen LogP contribution in [0.1, 0.15) is 12.0 Å². The summed E-state index contributed by atoms with van der Waals surface area (Å²) in [5, 5.41) is 4.41. The van der Waals surface area contributed by atoms with E-state index in [1.165, 1.54) is 10.9 Å². The molecule has 2 heterocycles. The standard InChI is InChI=1S/C25H20N4O2S/c1-16-5-4-6-19-23(16)26-15-29(25(19)31)14-13-22(30)27-18-11-9-17(10-12-18)24-28-20-7-2-3-8-21(20)32-24/h2-12,15H,13-14H2,1H3,(H,27,30). The molecule has 0 bridgehead atoms. The largest absolute Gasteiger partial charge is 0.326 e. The minimum absolute atomic E-state index is 0.133. The lowest BCUT2D eigenvalue weighted by molar-refractivity contribution is -0.116. The molecule has 5 aromatic rings. The first-order valence-corrected chi connectivity index (χ1v) is 11.1. The quantitative estimate of drug-likeness (QED) is 0.417. The maximum absolute atomic E-state index is 12.7. The Bertz CT molecular complexity index is 1470. The summed E-state index contributed by atoms with van der Waals surface area (Å²) in [5.41, 5.74) is 4.23. The third-order valence-electron chi connectivity index (χ3n) is 5.34. The number of rotatable bonds is 5. The second-order valence-electron chi connectivity index (χ2n) is 7.58. The van der Waals surface area contributed by atoms with Crippen LogP contribution in [0.2, 0.25) is 0 Å². The van der Waals surface area contributed by atoms with Crippen LogP contribution in [0.3, 0.4) is 0 Å². The van der Waals surface area contributed by atoms with E-state index in [9.17, 15) is 9.59 Å². The lowest BCUT2D eigenvalue weighted by atomic mass is 10.1. The summed E-state index contributed by atoms with van der Waals surface area (Å²) in [4.78, 5) is 34.2. The number of hydrogen-bond donors (Lipinski definition) is 1. The topological polar surface area (TPSA) is 76.9 Å². The Balaban J connectivity index is 1.25. The van der Waals surface area contributed by atoms with Gasteiger partial charge in [-0.25, -0.2) is 9.97 Å². The molecule has 0 radical (unpaired) electrons. The molecule has 2 aromatic heterocycles. The molecule has 3 aromatic carbocycles. The van der Waals surface area contributed by atoms with Crippen molar-refractivity contribution in [1.29, 1.82) is 0 Å². The van der Waals surface area contributed by atoms with Gasteiger partial charge in [0.05, 0.1) is 27.4 Å². The molecule has 0 saturated carbocycles. The number of amides is 1. The number of aryl methyl sites for hydroxylation is 2. The fraction of sp³-hybridized carbons (Fsp3) is 0.120. The molecule has 158 valence electrons. The van der Waals surface area contributed by atoms with Gasteiger partial charge in [-0.2, -0.15) is 0 Å². The van der Waals surface area contributed by atoms with E-state index in [-0.39, 0.29) is 24.4 Å². The first-order valence-electron chi connectivity index (χ1n) is 10.3. The number of para-hydroxylation sites is 2. The lowest BCUT2D eigenvalue weighted by Crippen LogP contribution is -2.23. The molecule has 1 N–H and O–H groups in total. The summed E-state index contributed by atoms with van der Waals surface area (Å²) in [7, 11) is 0. The third kappa shape index (κ3) is 3.90. The van der Waals surface area contributed by atoms with Crippen LogP contribution in [0.5, 0.6) is 0 Å². The lowest BCUT2D eigenvalue weighted by Gasteiger charge is -2.09. The maximum atomic E-state index is 12.7. The number of hydrogen-bond acceptors (Lipinski definition) is 5. The monoisotopic (exact) mass is 440 g/mol. The number of nitrogens with zero attached hydrogens (tertiary/aromatic N) is 3. The molecule has 0 aliphatic carbocycles. The van der Waals surface area contributed by atoms with E-state index >= 15 is 0 Å². The van der Waals surface area contributed by atoms with Gasteiger partial charge in [-0.1, -0.05) is 24.3 Å². The minimum atomic E-state index is -0.158. The summed E-state index contributed by atoms with van der Waals surface area (Å²) in [6.45, 7) is 2.19. The Hall–Kier alpha value is -3.84. The predicted octanol–water partition coefficient (Wildman–Crippen LogP) is 5.01. The molecular formula is C25H20N4O2S. The minimum Gasteiger partial charge on any atom is -0.326 e. The van der Waals surface area contributed by atoms with Crippen molar-refractivity contribution in [2.75, 3.05) is 5.32 Å². The third-order valence-corrected chi connectivity index (χ3v) is 6.43. The van der Waals surface area contributed by atoms with Crippen LogP contribution in [0.4, 0.5) is 5.69 Å². The normalized spacial score (nSPS) is 11.2. The van der Waals surface area contributed by atoms with Crippen molar-refractivity contribution in [1.82, 2.24) is 14.5 Å². The fourth-order valence-electron chi connectivity index (χ4n) is 3.63. The van der Waals surface area contributed by atoms with Gasteiger partial charge in [-0.3, -0.25) is 14.2 Å². The summed E-state index contributed by atoms with van der Waals surface area (Å²) in [5.74, 6) is -0.158. The Morgan fingerprint density at radius 2 is 1.84 bits per heavy atom. The molecule has 0 atom stereocenters. The summed E-state index contributed by atoms with van der Waals surface area (Å²) in [6.07, 6.45) is 1.69. The van der Waals surface area contributed by atoms with Gasteiger partial charge in [0.1, 0.15) is 5.01 Å². The molecule has 0 unspecified atom stereocenters. The van der Waals surface area contributed by atoms with Gasteiger partial charge in [0.25, 0.3) is 5.56 Å². The van der Waals surface area contributed by atoms with Gasteiger partial charge in [0.2, 0.25) is 5.91 Å². The van der Waals surface area contributed by atoms with E-state index in [2.05, 4.69) is 21.4 Å². The Morgan fingerprint density at radius 3 is 2.66 bits per heavy atom. The Morgan fingerprint density at radius 1 is 1.03 bits per heavy atom. The van der Waals surface area contributed by atoms with Crippen molar-refractivity contribution < 1.29 is 4.79 Å². The molecule has 7 heteroatoms. The molecule has 5 rings (SSSR count). The zero-order chi connectivity index (χ0) is 22.1. The highest BCUT2D eigenvalue weighted by Crippen LogP contribution is 2.30. The van der Waals surface area contributed by atoms with Crippen molar-refractivity contribution in [3.8, 4) is 10.6 Å². The van der Waals surface area contributed by atoms with Crippen molar-refractivity contribution in [2.45, 2.75) is 19.9 Å². The van der Waals surface area contributed by atoms with E-state index in [1.54, 1.807) is 17.4 Å². The van der Waals surface area contributed by atoms with Crippen LogP contribution in [0, 0.1) is 6.92 Å². The summed E-state index contributed by atoms with van der Waals surface area (Å²) < 4.78 is 2.63. The van der Waals surface area contributed by atoms with Gasteiger partial charge < -0.3 is 5.32 Å². The number of nitrogens with one attached hydrogen (secondary N) is 1.